The Morgan fingerprint density at radius 2 is 2.11 bits per heavy atom. The Morgan fingerprint density at radius 3 is 2.72 bits per heavy atom. The number of carbonyl (C=O) groups excluding carboxylic acids is 1. The van der Waals surface area contributed by atoms with Gasteiger partial charge in [-0.25, -0.2) is 4.79 Å². The number of anilines is 1. The van der Waals surface area contributed by atoms with Gasteiger partial charge < -0.3 is 10.1 Å². The molecule has 100 valence electrons. The summed E-state index contributed by atoms with van der Waals surface area (Å²) in [7, 11) is 0. The van der Waals surface area contributed by atoms with Crippen LogP contribution in [0.4, 0.5) is 18.9 Å². The Bertz CT molecular complexity index is 405. The minimum Gasteiger partial charge on any atom is -0.420 e. The summed E-state index contributed by atoms with van der Waals surface area (Å²) in [4.78, 5) is 10.6. The van der Waals surface area contributed by atoms with Crippen molar-refractivity contribution in [1.29, 1.82) is 0 Å². The third-order valence-corrected chi connectivity index (χ3v) is 2.14. The van der Waals surface area contributed by atoms with Gasteiger partial charge in [-0.2, -0.15) is 13.2 Å². The third-order valence-electron chi connectivity index (χ3n) is 2.14. The molecule has 0 aliphatic rings. The molecule has 6 heteroatoms. The van der Waals surface area contributed by atoms with Gasteiger partial charge in [0.1, 0.15) is 5.75 Å². The van der Waals surface area contributed by atoms with Crippen LogP contribution in [0.5, 0.6) is 5.75 Å². The summed E-state index contributed by atoms with van der Waals surface area (Å²) < 4.78 is 40.2. The van der Waals surface area contributed by atoms with Crippen LogP contribution >= 0.6 is 0 Å². The van der Waals surface area contributed by atoms with Gasteiger partial charge >= 0.3 is 12.1 Å². The maximum Gasteiger partial charge on any atom is 0.491 e. The number of hydrogen-bond acceptors (Lipinski definition) is 3. The highest BCUT2D eigenvalue weighted by Gasteiger charge is 2.41. The standard InChI is InChI=1S/C12H14F3NO2/c1-2-3-7-16-9-5-4-6-10(8-9)18-11(17)12(13,14)15/h4-6,8,16H,2-3,7H2,1H3. The van der Waals surface area contributed by atoms with Crippen molar-refractivity contribution >= 4 is 11.7 Å². The van der Waals surface area contributed by atoms with E-state index in [1.165, 1.54) is 18.2 Å². The molecule has 0 aliphatic heterocycles. The van der Waals surface area contributed by atoms with Gasteiger partial charge in [0.05, 0.1) is 0 Å². The van der Waals surface area contributed by atoms with E-state index in [9.17, 15) is 18.0 Å². The molecule has 18 heavy (non-hydrogen) atoms. The monoisotopic (exact) mass is 261 g/mol. The molecule has 0 amide bonds. The van der Waals surface area contributed by atoms with Gasteiger partial charge in [-0.3, -0.25) is 0 Å². The highest BCUT2D eigenvalue weighted by molar-refractivity contribution is 5.78. The number of esters is 1. The Hall–Kier alpha value is -1.72. The van der Waals surface area contributed by atoms with Gasteiger partial charge in [-0.05, 0) is 18.6 Å². The lowest BCUT2D eigenvalue weighted by molar-refractivity contribution is -0.189. The average Bonchev–Trinajstić information content (AvgIpc) is 2.28. The van der Waals surface area contributed by atoms with Crippen molar-refractivity contribution in [2.45, 2.75) is 25.9 Å². The van der Waals surface area contributed by atoms with Crippen LogP contribution in [0.3, 0.4) is 0 Å². The highest BCUT2D eigenvalue weighted by atomic mass is 19.4. The number of halogens is 3. The number of benzene rings is 1. The van der Waals surface area contributed by atoms with Crippen molar-refractivity contribution in [3.05, 3.63) is 24.3 Å². The Balaban J connectivity index is 2.62. The first-order valence-electron chi connectivity index (χ1n) is 5.56. The summed E-state index contributed by atoms with van der Waals surface area (Å²) in [6, 6.07) is 5.88. The second-order valence-electron chi connectivity index (χ2n) is 3.70. The first-order valence-corrected chi connectivity index (χ1v) is 5.56. The van der Waals surface area contributed by atoms with Gasteiger partial charge in [-0.1, -0.05) is 19.4 Å². The number of ether oxygens (including phenoxy) is 1. The molecule has 0 saturated carbocycles. The van der Waals surface area contributed by atoms with E-state index in [0.717, 1.165) is 12.8 Å². The molecular weight excluding hydrogens is 247 g/mol. The molecule has 0 bridgehead atoms. The summed E-state index contributed by atoms with van der Waals surface area (Å²) in [6.07, 6.45) is -3.02. The topological polar surface area (TPSA) is 38.3 Å². The minimum absolute atomic E-state index is 0.126. The molecule has 0 aliphatic carbocycles. The summed E-state index contributed by atoms with van der Waals surface area (Å²) in [5.74, 6) is -2.34. The summed E-state index contributed by atoms with van der Waals surface area (Å²) >= 11 is 0. The number of rotatable bonds is 5. The van der Waals surface area contributed by atoms with Crippen LogP contribution in [-0.4, -0.2) is 18.7 Å². The van der Waals surface area contributed by atoms with Crippen molar-refractivity contribution < 1.29 is 22.7 Å². The second kappa shape index (κ2) is 6.28. The maximum atomic E-state index is 12.0. The van der Waals surface area contributed by atoms with Crippen molar-refractivity contribution in [2.75, 3.05) is 11.9 Å². The zero-order chi connectivity index (χ0) is 13.6. The van der Waals surface area contributed by atoms with E-state index in [1.807, 2.05) is 6.92 Å². The molecule has 3 nitrogen and oxygen atoms in total. The summed E-state index contributed by atoms with van der Waals surface area (Å²) in [5.41, 5.74) is 0.621. The fourth-order valence-electron chi connectivity index (χ4n) is 1.24. The molecule has 0 unspecified atom stereocenters. The molecule has 0 spiro atoms. The molecule has 1 rings (SSSR count). The highest BCUT2D eigenvalue weighted by Crippen LogP contribution is 2.22. The van der Waals surface area contributed by atoms with Crippen LogP contribution in [-0.2, 0) is 4.79 Å². The molecule has 0 saturated heterocycles. The lowest BCUT2D eigenvalue weighted by Crippen LogP contribution is -2.27. The molecule has 0 atom stereocenters. The molecule has 1 aromatic carbocycles. The van der Waals surface area contributed by atoms with Gasteiger partial charge in [-0.15, -0.1) is 0 Å². The SMILES string of the molecule is CCCCNc1cccc(OC(=O)C(F)(F)F)c1. The lowest BCUT2D eigenvalue weighted by atomic mass is 10.3. The molecule has 1 aromatic rings. The van der Waals surface area contributed by atoms with Gasteiger partial charge in [0.2, 0.25) is 0 Å². The quantitative estimate of drug-likeness (QED) is 0.501. The van der Waals surface area contributed by atoms with Crippen LogP contribution in [0.15, 0.2) is 24.3 Å². The number of unbranched alkanes of at least 4 members (excludes halogenated alkanes) is 1. The van der Waals surface area contributed by atoms with E-state index < -0.39 is 12.1 Å². The number of alkyl halides is 3. The molecule has 1 N–H and O–H groups in total. The fraction of sp³-hybridized carbons (Fsp3) is 0.417. The van der Waals surface area contributed by atoms with Gasteiger partial charge in [0.25, 0.3) is 0 Å². The Labute approximate surface area is 103 Å². The van der Waals surface area contributed by atoms with E-state index in [0.29, 0.717) is 12.2 Å². The zero-order valence-corrected chi connectivity index (χ0v) is 9.88. The molecule has 0 radical (unpaired) electrons. The van der Waals surface area contributed by atoms with Gasteiger partial charge in [0.15, 0.2) is 0 Å². The van der Waals surface area contributed by atoms with Crippen molar-refractivity contribution in [3.63, 3.8) is 0 Å². The molecule has 0 heterocycles. The third kappa shape index (κ3) is 4.65. The summed E-state index contributed by atoms with van der Waals surface area (Å²) in [5, 5.41) is 3.03. The van der Waals surface area contributed by atoms with Crippen molar-refractivity contribution in [2.24, 2.45) is 0 Å². The summed E-state index contributed by atoms with van der Waals surface area (Å²) in [6.45, 7) is 2.75. The van der Waals surface area contributed by atoms with E-state index in [4.69, 9.17) is 0 Å². The maximum absolute atomic E-state index is 12.0. The first kappa shape index (κ1) is 14.3. The van der Waals surface area contributed by atoms with Crippen LogP contribution in [0.25, 0.3) is 0 Å². The minimum atomic E-state index is -4.98. The van der Waals surface area contributed by atoms with E-state index in [1.54, 1.807) is 6.07 Å². The smallest absolute Gasteiger partial charge is 0.420 e. The fourth-order valence-corrected chi connectivity index (χ4v) is 1.24. The van der Waals surface area contributed by atoms with Crippen LogP contribution in [0.1, 0.15) is 19.8 Å². The molecular formula is C12H14F3NO2. The number of nitrogens with one attached hydrogen (secondary N) is 1. The molecule has 0 aromatic heterocycles. The lowest BCUT2D eigenvalue weighted by Gasteiger charge is -2.09. The van der Waals surface area contributed by atoms with Crippen LogP contribution < -0.4 is 10.1 Å². The predicted octanol–water partition coefficient (Wildman–Crippen LogP) is 3.37. The van der Waals surface area contributed by atoms with Crippen molar-refractivity contribution in [3.8, 4) is 5.75 Å². The Kier molecular flexibility index (Phi) is 5.00. The van der Waals surface area contributed by atoms with Gasteiger partial charge in [0, 0.05) is 18.3 Å². The van der Waals surface area contributed by atoms with Crippen LogP contribution in [0, 0.1) is 0 Å². The second-order valence-corrected chi connectivity index (χ2v) is 3.70. The first-order chi connectivity index (χ1) is 8.43. The number of hydrogen-bond donors (Lipinski definition) is 1. The zero-order valence-electron chi connectivity index (χ0n) is 9.88. The average molecular weight is 261 g/mol. The van der Waals surface area contributed by atoms with E-state index in [-0.39, 0.29) is 5.75 Å². The van der Waals surface area contributed by atoms with Crippen LogP contribution in [0.2, 0.25) is 0 Å². The van der Waals surface area contributed by atoms with E-state index in [2.05, 4.69) is 10.1 Å². The normalized spacial score (nSPS) is 11.1. The predicted molar refractivity (Wildman–Crippen MR) is 61.5 cm³/mol. The number of carbonyl (C=O) groups is 1. The van der Waals surface area contributed by atoms with Crippen molar-refractivity contribution in [1.82, 2.24) is 0 Å². The molecule has 0 fully saturated rings. The Morgan fingerprint density at radius 1 is 1.39 bits per heavy atom. The largest absolute Gasteiger partial charge is 0.491 e. The van der Waals surface area contributed by atoms with E-state index >= 15 is 0 Å².